The molecule has 21 heavy (non-hydrogen) atoms. The number of carboxylic acids is 1. The summed E-state index contributed by atoms with van der Waals surface area (Å²) in [6, 6.07) is -1.06. The summed E-state index contributed by atoms with van der Waals surface area (Å²) in [4.78, 5) is 25.5. The van der Waals surface area contributed by atoms with Gasteiger partial charge in [0.2, 0.25) is 0 Å². The van der Waals surface area contributed by atoms with Crippen molar-refractivity contribution in [3.05, 3.63) is 0 Å². The highest BCUT2D eigenvalue weighted by atomic mass is 19.4. The molecule has 8 heteroatoms. The van der Waals surface area contributed by atoms with Crippen molar-refractivity contribution in [3.63, 3.8) is 0 Å². The van der Waals surface area contributed by atoms with Gasteiger partial charge < -0.3 is 14.9 Å². The lowest BCUT2D eigenvalue weighted by atomic mass is 9.98. The molecule has 5 nitrogen and oxygen atoms in total. The predicted molar refractivity (Wildman–Crippen MR) is 69.8 cm³/mol. The first-order chi connectivity index (χ1) is 9.66. The molecule has 0 aliphatic carbocycles. The van der Waals surface area contributed by atoms with Crippen molar-refractivity contribution in [3.8, 4) is 0 Å². The highest BCUT2D eigenvalue weighted by Gasteiger charge is 2.43. The zero-order valence-corrected chi connectivity index (χ0v) is 12.2. The zero-order valence-electron chi connectivity index (χ0n) is 12.2. The van der Waals surface area contributed by atoms with E-state index in [9.17, 15) is 22.8 Å². The number of nitrogens with zero attached hydrogens (tertiary/aromatic N) is 2. The van der Waals surface area contributed by atoms with Crippen molar-refractivity contribution < 1.29 is 27.9 Å². The van der Waals surface area contributed by atoms with E-state index in [2.05, 4.69) is 0 Å². The van der Waals surface area contributed by atoms with Gasteiger partial charge in [-0.2, -0.15) is 13.2 Å². The first-order valence-electron chi connectivity index (χ1n) is 7.00. The van der Waals surface area contributed by atoms with Crippen LogP contribution in [0.15, 0.2) is 0 Å². The van der Waals surface area contributed by atoms with Crippen LogP contribution in [0.3, 0.4) is 0 Å². The lowest BCUT2D eigenvalue weighted by Crippen LogP contribution is -2.52. The monoisotopic (exact) mass is 310 g/mol. The van der Waals surface area contributed by atoms with E-state index in [1.54, 1.807) is 13.8 Å². The van der Waals surface area contributed by atoms with E-state index in [4.69, 9.17) is 5.11 Å². The fourth-order valence-electron chi connectivity index (χ4n) is 2.60. The molecule has 0 bridgehead atoms. The quantitative estimate of drug-likeness (QED) is 0.868. The van der Waals surface area contributed by atoms with Crippen LogP contribution < -0.4 is 0 Å². The van der Waals surface area contributed by atoms with Crippen LogP contribution >= 0.6 is 0 Å². The van der Waals surface area contributed by atoms with Crippen LogP contribution in [0.5, 0.6) is 0 Å². The molecule has 1 aliphatic rings. The van der Waals surface area contributed by atoms with Crippen molar-refractivity contribution in [2.24, 2.45) is 5.92 Å². The minimum atomic E-state index is -4.30. The Hall–Kier alpha value is -1.47. The van der Waals surface area contributed by atoms with Gasteiger partial charge in [0.15, 0.2) is 0 Å². The molecule has 0 aromatic rings. The van der Waals surface area contributed by atoms with Crippen molar-refractivity contribution in [1.29, 1.82) is 0 Å². The number of hydrogen-bond donors (Lipinski definition) is 1. The molecule has 1 fully saturated rings. The van der Waals surface area contributed by atoms with Gasteiger partial charge in [0, 0.05) is 25.7 Å². The number of aliphatic carboxylic acids is 1. The second kappa shape index (κ2) is 7.00. The average molecular weight is 310 g/mol. The molecule has 2 amide bonds. The number of amides is 2. The molecule has 122 valence electrons. The molecule has 1 rings (SSSR count). The van der Waals surface area contributed by atoms with E-state index < -0.39 is 30.1 Å². The van der Waals surface area contributed by atoms with Crippen LogP contribution in [0.25, 0.3) is 0 Å². The van der Waals surface area contributed by atoms with Crippen LogP contribution in [0, 0.1) is 5.92 Å². The number of carbonyl (C=O) groups excluding carboxylic acids is 1. The summed E-state index contributed by atoms with van der Waals surface area (Å²) in [6.45, 7) is 3.46. The van der Waals surface area contributed by atoms with Crippen LogP contribution in [-0.2, 0) is 4.79 Å². The van der Waals surface area contributed by atoms with Crippen LogP contribution in [-0.4, -0.2) is 58.8 Å². The summed E-state index contributed by atoms with van der Waals surface area (Å²) < 4.78 is 38.3. The normalized spacial score (nSPS) is 21.0. The standard InChI is InChI=1S/C13H21F3N2O3/c1-3-18(9(2)7-11(19)20)12(21)17-6-4-5-10(8-17)13(14,15)16/h9-10H,3-8H2,1-2H3,(H,19,20). The number of hydrogen-bond acceptors (Lipinski definition) is 2. The molecule has 0 saturated carbocycles. The highest BCUT2D eigenvalue weighted by molar-refractivity contribution is 5.76. The maximum Gasteiger partial charge on any atom is 0.393 e. The van der Waals surface area contributed by atoms with Crippen molar-refractivity contribution >= 4 is 12.0 Å². The molecule has 1 aliphatic heterocycles. The lowest BCUT2D eigenvalue weighted by molar-refractivity contribution is -0.184. The molecule has 0 spiro atoms. The average Bonchev–Trinajstić information content (AvgIpc) is 2.37. The van der Waals surface area contributed by atoms with Crippen LogP contribution in [0.1, 0.15) is 33.1 Å². The Morgan fingerprint density at radius 3 is 2.52 bits per heavy atom. The number of urea groups is 1. The SMILES string of the molecule is CCN(C(=O)N1CCCC(C(F)(F)F)C1)C(C)CC(=O)O. The first kappa shape index (κ1) is 17.6. The van der Waals surface area contributed by atoms with Crippen LogP contribution in [0.4, 0.5) is 18.0 Å². The molecular formula is C13H21F3N2O3. The third kappa shape index (κ3) is 4.78. The molecule has 0 aromatic carbocycles. The molecule has 1 heterocycles. The summed E-state index contributed by atoms with van der Waals surface area (Å²) >= 11 is 0. The van der Waals surface area contributed by atoms with Gasteiger partial charge in [-0.15, -0.1) is 0 Å². The van der Waals surface area contributed by atoms with E-state index in [0.717, 1.165) is 0 Å². The Labute approximate surface area is 121 Å². The maximum absolute atomic E-state index is 12.8. The molecule has 1 N–H and O–H groups in total. The Kier molecular flexibility index (Phi) is 5.86. The Balaban J connectivity index is 2.73. The minimum Gasteiger partial charge on any atom is -0.481 e. The largest absolute Gasteiger partial charge is 0.481 e. The molecule has 0 aromatic heterocycles. The van der Waals surface area contributed by atoms with E-state index in [0.29, 0.717) is 6.42 Å². The number of alkyl halides is 3. The van der Waals surface area contributed by atoms with Gasteiger partial charge in [0.1, 0.15) is 0 Å². The van der Waals surface area contributed by atoms with E-state index >= 15 is 0 Å². The molecule has 2 unspecified atom stereocenters. The third-order valence-electron chi connectivity index (χ3n) is 3.74. The van der Waals surface area contributed by atoms with Gasteiger partial charge >= 0.3 is 18.2 Å². The van der Waals surface area contributed by atoms with Crippen molar-refractivity contribution in [2.45, 2.75) is 45.3 Å². The maximum atomic E-state index is 12.8. The van der Waals surface area contributed by atoms with Gasteiger partial charge in [0.25, 0.3) is 0 Å². The summed E-state index contributed by atoms with van der Waals surface area (Å²) in [5, 5.41) is 8.77. The highest BCUT2D eigenvalue weighted by Crippen LogP contribution is 2.33. The number of carboxylic acid groups (broad SMARTS) is 1. The van der Waals surface area contributed by atoms with Gasteiger partial charge in [-0.1, -0.05) is 0 Å². The summed E-state index contributed by atoms with van der Waals surface area (Å²) in [5.41, 5.74) is 0. The number of rotatable bonds is 4. The fourth-order valence-corrected chi connectivity index (χ4v) is 2.60. The molecule has 0 radical (unpaired) electrons. The number of halogens is 3. The van der Waals surface area contributed by atoms with Gasteiger partial charge in [-0.05, 0) is 26.7 Å². The Morgan fingerprint density at radius 2 is 2.05 bits per heavy atom. The second-order valence-electron chi connectivity index (χ2n) is 5.34. The first-order valence-corrected chi connectivity index (χ1v) is 7.00. The molecular weight excluding hydrogens is 289 g/mol. The zero-order chi connectivity index (χ0) is 16.2. The predicted octanol–water partition coefficient (Wildman–Crippen LogP) is 2.57. The number of likely N-dealkylation sites (tertiary alicyclic amines) is 1. The summed E-state index contributed by atoms with van der Waals surface area (Å²) in [7, 11) is 0. The van der Waals surface area contributed by atoms with Gasteiger partial charge in [-0.3, -0.25) is 4.79 Å². The smallest absolute Gasteiger partial charge is 0.393 e. The molecule has 2 atom stereocenters. The van der Waals surface area contributed by atoms with E-state index in [1.807, 2.05) is 0 Å². The Morgan fingerprint density at radius 1 is 1.43 bits per heavy atom. The summed E-state index contributed by atoms with van der Waals surface area (Å²) in [5.74, 6) is -2.54. The molecule has 1 saturated heterocycles. The topological polar surface area (TPSA) is 60.9 Å². The van der Waals surface area contributed by atoms with Gasteiger partial charge in [0.05, 0.1) is 12.3 Å². The van der Waals surface area contributed by atoms with Crippen LogP contribution in [0.2, 0.25) is 0 Å². The summed E-state index contributed by atoms with van der Waals surface area (Å²) in [6.07, 6.45) is -4.19. The Bertz CT molecular complexity index is 387. The second-order valence-corrected chi connectivity index (χ2v) is 5.34. The van der Waals surface area contributed by atoms with Crippen molar-refractivity contribution in [1.82, 2.24) is 9.80 Å². The van der Waals surface area contributed by atoms with E-state index in [1.165, 1.54) is 9.80 Å². The van der Waals surface area contributed by atoms with Gasteiger partial charge in [-0.25, -0.2) is 4.79 Å². The van der Waals surface area contributed by atoms with E-state index in [-0.39, 0.29) is 32.5 Å². The van der Waals surface area contributed by atoms with Crippen molar-refractivity contribution in [2.75, 3.05) is 19.6 Å². The lowest BCUT2D eigenvalue weighted by Gasteiger charge is -2.38. The fraction of sp³-hybridized carbons (Fsp3) is 0.846. The minimum absolute atomic E-state index is 0.0318. The number of carbonyl (C=O) groups is 2. The third-order valence-corrected chi connectivity index (χ3v) is 3.74. The number of piperidine rings is 1.